The van der Waals surface area contributed by atoms with Gasteiger partial charge in [-0.05, 0) is 0 Å². The fourth-order valence-corrected chi connectivity index (χ4v) is 2.14. The highest BCUT2D eigenvalue weighted by atomic mass is 16.5. The number of ether oxygens (including phenoxy) is 1. The van der Waals surface area contributed by atoms with Crippen LogP contribution in [0.1, 0.15) is 6.23 Å². The van der Waals surface area contributed by atoms with Crippen LogP contribution >= 0.6 is 0 Å². The molecule has 4 N–H and O–H groups in total. The summed E-state index contributed by atoms with van der Waals surface area (Å²) in [7, 11) is 0. The largest absolute Gasteiger partial charge is 0.394 e. The van der Waals surface area contributed by atoms with Crippen molar-refractivity contribution in [3.63, 3.8) is 0 Å². The van der Waals surface area contributed by atoms with Crippen LogP contribution in [0.3, 0.4) is 0 Å². The molecule has 3 heterocycles. The zero-order chi connectivity index (χ0) is 12.7. The topological polar surface area (TPSA) is 119 Å². The number of aliphatic hydroxyl groups excluding tert-OH is 2. The molecule has 0 unspecified atom stereocenters. The van der Waals surface area contributed by atoms with Crippen molar-refractivity contribution in [2.45, 2.75) is 24.5 Å². The van der Waals surface area contributed by atoms with E-state index in [0.29, 0.717) is 11.2 Å². The SMILES string of the molecule is N[C@H]1[C@H](O)[C@@H](CO)O[C@H]1n1cnc2cncnc21. The summed E-state index contributed by atoms with van der Waals surface area (Å²) >= 11 is 0. The third kappa shape index (κ3) is 1.58. The molecule has 0 aromatic carbocycles. The van der Waals surface area contributed by atoms with E-state index in [2.05, 4.69) is 15.0 Å². The van der Waals surface area contributed by atoms with E-state index in [4.69, 9.17) is 15.6 Å². The Hall–Kier alpha value is -1.61. The Kier molecular flexibility index (Phi) is 2.71. The molecule has 0 spiro atoms. The Labute approximate surface area is 102 Å². The predicted octanol–water partition coefficient (Wildman–Crippen LogP) is -1.60. The molecule has 8 nitrogen and oxygen atoms in total. The van der Waals surface area contributed by atoms with Crippen molar-refractivity contribution in [3.8, 4) is 0 Å². The van der Waals surface area contributed by atoms with E-state index in [0.717, 1.165) is 0 Å². The molecule has 1 fully saturated rings. The highest BCUT2D eigenvalue weighted by Crippen LogP contribution is 2.29. The molecule has 18 heavy (non-hydrogen) atoms. The summed E-state index contributed by atoms with van der Waals surface area (Å²) in [5.74, 6) is 0. The van der Waals surface area contributed by atoms with Crippen LogP contribution in [0.4, 0.5) is 0 Å². The summed E-state index contributed by atoms with van der Waals surface area (Å²) < 4.78 is 7.16. The second-order valence-corrected chi connectivity index (χ2v) is 4.20. The van der Waals surface area contributed by atoms with Crippen molar-refractivity contribution < 1.29 is 14.9 Å². The number of imidazole rings is 1. The monoisotopic (exact) mass is 251 g/mol. The fourth-order valence-electron chi connectivity index (χ4n) is 2.14. The summed E-state index contributed by atoms with van der Waals surface area (Å²) in [6, 6.07) is -0.644. The van der Waals surface area contributed by atoms with E-state index in [1.165, 1.54) is 12.7 Å². The summed E-state index contributed by atoms with van der Waals surface area (Å²) in [6.07, 6.45) is 2.32. The first kappa shape index (κ1) is 11.5. The van der Waals surface area contributed by atoms with Crippen LogP contribution < -0.4 is 5.73 Å². The number of nitrogens with two attached hydrogens (primary N) is 1. The maximum Gasteiger partial charge on any atom is 0.165 e. The van der Waals surface area contributed by atoms with Crippen molar-refractivity contribution in [2.24, 2.45) is 5.73 Å². The molecule has 4 atom stereocenters. The van der Waals surface area contributed by atoms with Gasteiger partial charge in [0.05, 0.1) is 25.2 Å². The van der Waals surface area contributed by atoms with Gasteiger partial charge in [-0.15, -0.1) is 0 Å². The van der Waals surface area contributed by atoms with Gasteiger partial charge in [-0.25, -0.2) is 15.0 Å². The molecule has 0 aliphatic carbocycles. The molecule has 0 radical (unpaired) electrons. The zero-order valence-corrected chi connectivity index (χ0v) is 9.42. The summed E-state index contributed by atoms with van der Waals surface area (Å²) in [5.41, 5.74) is 7.09. The highest BCUT2D eigenvalue weighted by Gasteiger charge is 2.42. The number of hydrogen-bond acceptors (Lipinski definition) is 7. The van der Waals surface area contributed by atoms with Gasteiger partial charge in [0.1, 0.15) is 24.1 Å². The smallest absolute Gasteiger partial charge is 0.165 e. The summed E-state index contributed by atoms with van der Waals surface area (Å²) in [5, 5.41) is 18.9. The first-order valence-electron chi connectivity index (χ1n) is 5.55. The van der Waals surface area contributed by atoms with Gasteiger partial charge >= 0.3 is 0 Å². The molecule has 96 valence electrons. The van der Waals surface area contributed by atoms with Crippen molar-refractivity contribution in [1.82, 2.24) is 19.5 Å². The van der Waals surface area contributed by atoms with Crippen LogP contribution in [0.5, 0.6) is 0 Å². The van der Waals surface area contributed by atoms with E-state index in [-0.39, 0.29) is 6.61 Å². The lowest BCUT2D eigenvalue weighted by molar-refractivity contribution is -0.0437. The Bertz CT molecular complexity index is 559. The number of nitrogens with zero attached hydrogens (tertiary/aromatic N) is 4. The van der Waals surface area contributed by atoms with Gasteiger partial charge in [-0.1, -0.05) is 0 Å². The third-order valence-corrected chi connectivity index (χ3v) is 3.11. The van der Waals surface area contributed by atoms with Gasteiger partial charge in [-0.2, -0.15) is 0 Å². The van der Waals surface area contributed by atoms with E-state index in [9.17, 15) is 5.11 Å². The summed E-state index contributed by atoms with van der Waals surface area (Å²) in [6.45, 7) is -0.285. The average Bonchev–Trinajstić information content (AvgIpc) is 2.93. The molecule has 8 heteroatoms. The Morgan fingerprint density at radius 1 is 1.44 bits per heavy atom. The van der Waals surface area contributed by atoms with Gasteiger partial charge in [0, 0.05) is 0 Å². The standard InChI is InChI=1S/C10H13N5O3/c11-7-8(17)6(2-16)18-10(7)15-4-14-5-1-12-3-13-9(5)15/h1,3-4,6-8,10,16-17H,2,11H2/t6-,7+,8-,10-/m1/s1. The molecule has 1 saturated heterocycles. The molecule has 0 bridgehead atoms. The molecule has 2 aromatic heterocycles. The number of aromatic nitrogens is 4. The maximum atomic E-state index is 9.82. The Morgan fingerprint density at radius 2 is 2.28 bits per heavy atom. The minimum Gasteiger partial charge on any atom is -0.394 e. The van der Waals surface area contributed by atoms with Gasteiger partial charge in [-0.3, -0.25) is 4.57 Å². The number of hydrogen-bond donors (Lipinski definition) is 3. The van der Waals surface area contributed by atoms with Gasteiger partial charge < -0.3 is 20.7 Å². The van der Waals surface area contributed by atoms with E-state index in [1.54, 1.807) is 10.8 Å². The lowest BCUT2D eigenvalue weighted by Gasteiger charge is -2.17. The molecule has 0 saturated carbocycles. The van der Waals surface area contributed by atoms with Crippen LogP contribution in [0.25, 0.3) is 11.2 Å². The number of aliphatic hydroxyl groups is 2. The van der Waals surface area contributed by atoms with E-state index >= 15 is 0 Å². The molecule has 2 aromatic rings. The molecular formula is C10H13N5O3. The fraction of sp³-hybridized carbons (Fsp3) is 0.500. The van der Waals surface area contributed by atoms with E-state index < -0.39 is 24.5 Å². The van der Waals surface area contributed by atoms with Crippen LogP contribution in [0, 0.1) is 0 Å². The first-order valence-corrected chi connectivity index (χ1v) is 5.55. The lowest BCUT2D eigenvalue weighted by atomic mass is 10.1. The van der Waals surface area contributed by atoms with Crippen LogP contribution in [0.2, 0.25) is 0 Å². The van der Waals surface area contributed by atoms with Crippen molar-refractivity contribution in [3.05, 3.63) is 18.9 Å². The van der Waals surface area contributed by atoms with E-state index in [1.807, 2.05) is 0 Å². The third-order valence-electron chi connectivity index (χ3n) is 3.11. The Balaban J connectivity index is 2.00. The first-order chi connectivity index (χ1) is 8.72. The highest BCUT2D eigenvalue weighted by molar-refractivity contribution is 5.69. The second kappa shape index (κ2) is 4.25. The quantitative estimate of drug-likeness (QED) is 0.588. The number of fused-ring (bicyclic) bond motifs is 1. The van der Waals surface area contributed by atoms with Crippen LogP contribution in [-0.4, -0.2) is 54.6 Å². The van der Waals surface area contributed by atoms with Crippen molar-refractivity contribution in [1.29, 1.82) is 0 Å². The average molecular weight is 251 g/mol. The van der Waals surface area contributed by atoms with Gasteiger partial charge in [0.2, 0.25) is 0 Å². The number of rotatable bonds is 2. The minimum atomic E-state index is -0.917. The van der Waals surface area contributed by atoms with Gasteiger partial charge in [0.25, 0.3) is 0 Å². The Morgan fingerprint density at radius 3 is 3.00 bits per heavy atom. The molecule has 0 amide bonds. The molecule has 1 aliphatic heterocycles. The van der Waals surface area contributed by atoms with Crippen molar-refractivity contribution >= 4 is 11.2 Å². The zero-order valence-electron chi connectivity index (χ0n) is 9.42. The second-order valence-electron chi connectivity index (χ2n) is 4.20. The summed E-state index contributed by atoms with van der Waals surface area (Å²) in [4.78, 5) is 12.1. The minimum absolute atomic E-state index is 0.285. The maximum absolute atomic E-state index is 9.82. The molecular weight excluding hydrogens is 238 g/mol. The van der Waals surface area contributed by atoms with Crippen LogP contribution in [-0.2, 0) is 4.74 Å². The van der Waals surface area contributed by atoms with Gasteiger partial charge in [0.15, 0.2) is 11.9 Å². The predicted molar refractivity (Wildman–Crippen MR) is 60.3 cm³/mol. The normalized spacial score (nSPS) is 32.2. The molecule has 1 aliphatic rings. The molecule has 3 rings (SSSR count). The van der Waals surface area contributed by atoms with Crippen LogP contribution in [0.15, 0.2) is 18.9 Å². The lowest BCUT2D eigenvalue weighted by Crippen LogP contribution is -2.39. The van der Waals surface area contributed by atoms with Crippen molar-refractivity contribution in [2.75, 3.05) is 6.61 Å².